The van der Waals surface area contributed by atoms with Crippen LogP contribution in [0, 0.1) is 5.92 Å². The fraction of sp³-hybridized carbons (Fsp3) is 0.600. The van der Waals surface area contributed by atoms with E-state index in [0.717, 1.165) is 23.9 Å². The van der Waals surface area contributed by atoms with E-state index in [4.69, 9.17) is 0 Å². The Bertz CT molecular complexity index is 478. The molecule has 1 aliphatic carbocycles. The smallest absolute Gasteiger partial charge is 0.255 e. The minimum absolute atomic E-state index is 0.0335. The van der Waals surface area contributed by atoms with Crippen molar-refractivity contribution in [1.29, 1.82) is 0 Å². The van der Waals surface area contributed by atoms with Crippen LogP contribution in [0.15, 0.2) is 16.7 Å². The molecular weight excluding hydrogens is 318 g/mol. The van der Waals surface area contributed by atoms with E-state index in [1.165, 1.54) is 12.8 Å². The minimum atomic E-state index is -0.0335. The van der Waals surface area contributed by atoms with Crippen LogP contribution in [0.5, 0.6) is 0 Å². The maximum absolute atomic E-state index is 12.5. The monoisotopic (exact) mass is 339 g/mol. The van der Waals surface area contributed by atoms with Gasteiger partial charge in [0.05, 0.1) is 5.56 Å². The molecule has 1 aliphatic rings. The Morgan fingerprint density at radius 3 is 3.00 bits per heavy atom. The van der Waals surface area contributed by atoms with E-state index in [1.807, 2.05) is 13.0 Å². The van der Waals surface area contributed by atoms with Crippen molar-refractivity contribution in [2.24, 2.45) is 5.92 Å². The Labute approximate surface area is 128 Å². The first kappa shape index (κ1) is 15.3. The Morgan fingerprint density at radius 1 is 1.50 bits per heavy atom. The van der Waals surface area contributed by atoms with Crippen molar-refractivity contribution in [2.75, 3.05) is 11.9 Å². The third-order valence-corrected chi connectivity index (χ3v) is 4.15. The van der Waals surface area contributed by atoms with Gasteiger partial charge in [-0.2, -0.15) is 0 Å². The second-order valence-electron chi connectivity index (χ2n) is 5.52. The molecule has 0 saturated heterocycles. The molecule has 2 N–H and O–H groups in total. The predicted molar refractivity (Wildman–Crippen MR) is 85.0 cm³/mol. The Kier molecular flexibility index (Phi) is 5.40. The summed E-state index contributed by atoms with van der Waals surface area (Å²) in [4.78, 5) is 16.7. The van der Waals surface area contributed by atoms with Crippen LogP contribution in [-0.4, -0.2) is 23.5 Å². The van der Waals surface area contributed by atoms with Gasteiger partial charge in [0, 0.05) is 23.3 Å². The molecule has 4 nitrogen and oxygen atoms in total. The molecule has 0 aromatic carbocycles. The van der Waals surface area contributed by atoms with Crippen molar-refractivity contribution in [1.82, 2.24) is 10.3 Å². The van der Waals surface area contributed by atoms with Crippen LogP contribution in [0.3, 0.4) is 0 Å². The summed E-state index contributed by atoms with van der Waals surface area (Å²) in [5, 5.41) is 6.29. The summed E-state index contributed by atoms with van der Waals surface area (Å²) >= 11 is 3.38. The van der Waals surface area contributed by atoms with Crippen molar-refractivity contribution < 1.29 is 4.79 Å². The Morgan fingerprint density at radius 2 is 2.30 bits per heavy atom. The molecule has 1 aromatic rings. The molecule has 1 aromatic heterocycles. The highest BCUT2D eigenvalue weighted by atomic mass is 79.9. The molecule has 2 rings (SSSR count). The molecule has 20 heavy (non-hydrogen) atoms. The van der Waals surface area contributed by atoms with Gasteiger partial charge in [0.15, 0.2) is 0 Å². The normalized spacial score (nSPS) is 22.4. The first-order valence-corrected chi connectivity index (χ1v) is 8.09. The van der Waals surface area contributed by atoms with Crippen LogP contribution >= 0.6 is 15.9 Å². The molecule has 1 fully saturated rings. The average Bonchev–Trinajstić information content (AvgIpc) is 2.41. The number of pyridine rings is 1. The quantitative estimate of drug-likeness (QED) is 0.881. The number of nitrogens with zero attached hydrogens (tertiary/aromatic N) is 1. The maximum atomic E-state index is 12.5. The number of carbonyl (C=O) groups is 1. The van der Waals surface area contributed by atoms with Crippen molar-refractivity contribution in [3.8, 4) is 0 Å². The molecule has 0 aliphatic heterocycles. The second kappa shape index (κ2) is 7.07. The van der Waals surface area contributed by atoms with Gasteiger partial charge in [-0.3, -0.25) is 4.79 Å². The summed E-state index contributed by atoms with van der Waals surface area (Å²) in [6.07, 6.45) is 6.32. The number of halogens is 1. The van der Waals surface area contributed by atoms with Crippen molar-refractivity contribution >= 4 is 27.7 Å². The Hall–Kier alpha value is -1.10. The van der Waals surface area contributed by atoms with Gasteiger partial charge in [-0.05, 0) is 47.7 Å². The molecule has 0 bridgehead atoms. The van der Waals surface area contributed by atoms with E-state index in [-0.39, 0.29) is 5.91 Å². The maximum Gasteiger partial charge on any atom is 0.255 e. The molecule has 110 valence electrons. The molecule has 0 spiro atoms. The van der Waals surface area contributed by atoms with E-state index in [9.17, 15) is 4.79 Å². The lowest BCUT2D eigenvalue weighted by Gasteiger charge is -2.27. The molecule has 0 radical (unpaired) electrons. The van der Waals surface area contributed by atoms with E-state index in [2.05, 4.69) is 38.5 Å². The highest BCUT2D eigenvalue weighted by molar-refractivity contribution is 9.10. The zero-order valence-electron chi connectivity index (χ0n) is 12.1. The topological polar surface area (TPSA) is 54.0 Å². The van der Waals surface area contributed by atoms with Crippen molar-refractivity contribution in [2.45, 2.75) is 45.6 Å². The van der Waals surface area contributed by atoms with Gasteiger partial charge in [-0.1, -0.05) is 19.8 Å². The number of rotatable bonds is 4. The number of anilines is 1. The molecule has 5 heteroatoms. The van der Waals surface area contributed by atoms with Crippen LogP contribution in [0.1, 0.15) is 49.9 Å². The Balaban J connectivity index is 2.09. The number of nitrogens with one attached hydrogen (secondary N) is 2. The highest BCUT2D eigenvalue weighted by Crippen LogP contribution is 2.24. The van der Waals surface area contributed by atoms with E-state index >= 15 is 0 Å². The molecule has 1 heterocycles. The standard InChI is InChI=1S/C15H22BrN3O/c1-3-17-14-13(8-11(16)9-18-14)15(20)19-12-6-4-5-10(2)7-12/h8-10,12H,3-7H2,1-2H3,(H,17,18)(H,19,20). The number of hydrogen-bond acceptors (Lipinski definition) is 3. The third-order valence-electron chi connectivity index (χ3n) is 3.71. The number of carbonyl (C=O) groups excluding carboxylic acids is 1. The molecule has 2 unspecified atom stereocenters. The third kappa shape index (κ3) is 3.95. The van der Waals surface area contributed by atoms with E-state index in [1.54, 1.807) is 6.20 Å². The first-order chi connectivity index (χ1) is 9.60. The summed E-state index contributed by atoms with van der Waals surface area (Å²) in [7, 11) is 0. The predicted octanol–water partition coefficient (Wildman–Crippen LogP) is 3.58. The zero-order valence-corrected chi connectivity index (χ0v) is 13.7. The van der Waals surface area contributed by atoms with Gasteiger partial charge in [-0.25, -0.2) is 4.98 Å². The van der Waals surface area contributed by atoms with Gasteiger partial charge < -0.3 is 10.6 Å². The van der Waals surface area contributed by atoms with Crippen LogP contribution in [0.2, 0.25) is 0 Å². The molecule has 1 amide bonds. The lowest BCUT2D eigenvalue weighted by Crippen LogP contribution is -2.38. The van der Waals surface area contributed by atoms with Gasteiger partial charge in [0.2, 0.25) is 0 Å². The van der Waals surface area contributed by atoms with Crippen molar-refractivity contribution in [3.05, 3.63) is 22.3 Å². The van der Waals surface area contributed by atoms with Crippen molar-refractivity contribution in [3.63, 3.8) is 0 Å². The van der Waals surface area contributed by atoms with E-state index < -0.39 is 0 Å². The SMILES string of the molecule is CCNc1ncc(Br)cc1C(=O)NC1CCCC(C)C1. The zero-order chi connectivity index (χ0) is 14.5. The molecular formula is C15H22BrN3O. The fourth-order valence-corrected chi connectivity index (χ4v) is 3.08. The fourth-order valence-electron chi connectivity index (χ4n) is 2.75. The lowest BCUT2D eigenvalue weighted by atomic mass is 9.87. The van der Waals surface area contributed by atoms with Crippen LogP contribution in [0.25, 0.3) is 0 Å². The summed E-state index contributed by atoms with van der Waals surface area (Å²) < 4.78 is 0.821. The summed E-state index contributed by atoms with van der Waals surface area (Å²) in [5.41, 5.74) is 0.611. The van der Waals surface area contributed by atoms with Crippen LogP contribution in [-0.2, 0) is 0 Å². The molecule has 2 atom stereocenters. The van der Waals surface area contributed by atoms with Gasteiger partial charge >= 0.3 is 0 Å². The van der Waals surface area contributed by atoms with Gasteiger partial charge in [0.1, 0.15) is 5.82 Å². The summed E-state index contributed by atoms with van der Waals surface area (Å²) in [5.74, 6) is 1.31. The molecule has 1 saturated carbocycles. The van der Waals surface area contributed by atoms with E-state index in [0.29, 0.717) is 23.3 Å². The second-order valence-corrected chi connectivity index (χ2v) is 6.44. The first-order valence-electron chi connectivity index (χ1n) is 7.30. The average molecular weight is 340 g/mol. The number of aromatic nitrogens is 1. The van der Waals surface area contributed by atoms with Crippen LogP contribution in [0.4, 0.5) is 5.82 Å². The van der Waals surface area contributed by atoms with Gasteiger partial charge in [0.25, 0.3) is 5.91 Å². The largest absolute Gasteiger partial charge is 0.370 e. The summed E-state index contributed by atoms with van der Waals surface area (Å²) in [6, 6.07) is 2.12. The summed E-state index contributed by atoms with van der Waals surface area (Å²) in [6.45, 7) is 4.99. The number of amides is 1. The van der Waals surface area contributed by atoms with Gasteiger partial charge in [-0.15, -0.1) is 0 Å². The number of hydrogen-bond donors (Lipinski definition) is 2. The lowest BCUT2D eigenvalue weighted by molar-refractivity contribution is 0.0922. The van der Waals surface area contributed by atoms with Crippen LogP contribution < -0.4 is 10.6 Å². The highest BCUT2D eigenvalue weighted by Gasteiger charge is 2.22. The minimum Gasteiger partial charge on any atom is -0.370 e.